The van der Waals surface area contributed by atoms with E-state index < -0.39 is 43.1 Å². The van der Waals surface area contributed by atoms with Crippen molar-refractivity contribution in [1.29, 1.82) is 0 Å². The van der Waals surface area contributed by atoms with Gasteiger partial charge < -0.3 is 45.4 Å². The van der Waals surface area contributed by atoms with Crippen LogP contribution in [0.15, 0.2) is 29.1 Å². The molecule has 2 heterocycles. The van der Waals surface area contributed by atoms with Crippen LogP contribution in [0.25, 0.3) is 11.0 Å². The Morgan fingerprint density at radius 1 is 1.04 bits per heavy atom. The number of aromatic nitrogens is 4. The largest absolute Gasteiger partial charge is 0.492 e. The van der Waals surface area contributed by atoms with Crippen LogP contribution in [0.5, 0.6) is 5.75 Å². The number of carboxylic acids is 1. The minimum Gasteiger partial charge on any atom is -0.492 e. The summed E-state index contributed by atoms with van der Waals surface area (Å²) in [5.41, 5.74) is 2.81. The van der Waals surface area contributed by atoms with Crippen molar-refractivity contribution in [2.75, 3.05) is 33.4 Å². The van der Waals surface area contributed by atoms with Gasteiger partial charge in [0.1, 0.15) is 42.0 Å². The van der Waals surface area contributed by atoms with Gasteiger partial charge in [-0.05, 0) is 38.1 Å². The Labute approximate surface area is 268 Å². The van der Waals surface area contributed by atoms with Crippen molar-refractivity contribution in [2.45, 2.75) is 83.5 Å². The van der Waals surface area contributed by atoms with E-state index in [1.807, 2.05) is 19.1 Å². The standard InChI is InChI=1S/C24H32N4O5.C7H17NO5/c1-5-8-18-21-22(27(4)26-18)23(29)28(20(6-2)25-21)13-14-33-17-11-9-16(10-12-17)15-19(24(30)31)32-7-3;1-8-2-4(10)6(12)7(13)5(11)3-9/h9-12,19H,5-8,13-15H2,1-4H3,(H,30,31);4-13H,2-3H2,1H3/t;4-,5+,6+,7+/m.0/s1. The Balaban J connectivity index is 0.000000479. The van der Waals surface area contributed by atoms with Gasteiger partial charge in [-0.1, -0.05) is 32.4 Å². The Kier molecular flexibility index (Phi) is 16.2. The van der Waals surface area contributed by atoms with Crippen molar-refractivity contribution in [2.24, 2.45) is 7.05 Å². The smallest absolute Gasteiger partial charge is 0.333 e. The second-order valence-corrected chi connectivity index (χ2v) is 10.7. The van der Waals surface area contributed by atoms with Crippen LogP contribution in [-0.4, -0.2) is 120 Å². The summed E-state index contributed by atoms with van der Waals surface area (Å²) in [5, 5.41) is 61.2. The molecule has 258 valence electrons. The molecular formula is C31H49N5O10. The molecule has 2 aromatic heterocycles. The highest BCUT2D eigenvalue weighted by atomic mass is 16.5. The molecule has 3 rings (SSSR count). The molecule has 5 atom stereocenters. The molecule has 1 aromatic carbocycles. The Hall–Kier alpha value is -3.44. The molecule has 1 unspecified atom stereocenters. The molecular weight excluding hydrogens is 602 g/mol. The normalized spacial score (nSPS) is 14.7. The average Bonchev–Trinajstić information content (AvgIpc) is 3.36. The van der Waals surface area contributed by atoms with E-state index in [0.29, 0.717) is 48.8 Å². The van der Waals surface area contributed by atoms with Crippen molar-refractivity contribution in [3.63, 3.8) is 0 Å². The Morgan fingerprint density at radius 2 is 1.70 bits per heavy atom. The van der Waals surface area contributed by atoms with E-state index in [0.717, 1.165) is 24.1 Å². The molecule has 0 fully saturated rings. The van der Waals surface area contributed by atoms with E-state index in [1.165, 1.54) is 0 Å². The number of nitrogens with zero attached hydrogens (tertiary/aromatic N) is 4. The zero-order valence-electron chi connectivity index (χ0n) is 27.2. The molecule has 7 N–H and O–H groups in total. The van der Waals surface area contributed by atoms with Crippen LogP contribution in [0.4, 0.5) is 0 Å². The quantitative estimate of drug-likeness (QED) is 0.0914. The first-order valence-corrected chi connectivity index (χ1v) is 15.4. The molecule has 46 heavy (non-hydrogen) atoms. The third kappa shape index (κ3) is 10.6. The van der Waals surface area contributed by atoms with E-state index in [2.05, 4.69) is 17.3 Å². The second kappa shape index (κ2) is 19.3. The van der Waals surface area contributed by atoms with E-state index >= 15 is 0 Å². The third-order valence-corrected chi connectivity index (χ3v) is 7.21. The summed E-state index contributed by atoms with van der Waals surface area (Å²) in [4.78, 5) is 29.2. The van der Waals surface area contributed by atoms with Crippen LogP contribution < -0.4 is 15.6 Å². The van der Waals surface area contributed by atoms with Crippen LogP contribution in [0.3, 0.4) is 0 Å². The van der Waals surface area contributed by atoms with Crippen molar-refractivity contribution < 1.29 is 44.9 Å². The molecule has 3 aromatic rings. The number of rotatable bonds is 18. The first-order valence-electron chi connectivity index (χ1n) is 15.4. The number of hydrogen-bond acceptors (Lipinski definition) is 12. The molecule has 0 saturated heterocycles. The second-order valence-electron chi connectivity index (χ2n) is 10.7. The summed E-state index contributed by atoms with van der Waals surface area (Å²) in [6.07, 6.45) is -3.87. The van der Waals surface area contributed by atoms with Crippen LogP contribution in [0.2, 0.25) is 0 Å². The lowest BCUT2D eigenvalue weighted by Crippen LogP contribution is -2.48. The number of fused-ring (bicyclic) bond motifs is 1. The molecule has 0 spiro atoms. The van der Waals surface area contributed by atoms with Gasteiger partial charge in [-0.2, -0.15) is 5.10 Å². The molecule has 0 amide bonds. The molecule has 15 heteroatoms. The minimum atomic E-state index is -1.55. The van der Waals surface area contributed by atoms with Crippen molar-refractivity contribution in [3.8, 4) is 5.75 Å². The van der Waals surface area contributed by atoms with Crippen LogP contribution in [0, 0.1) is 0 Å². The van der Waals surface area contributed by atoms with Crippen LogP contribution in [0.1, 0.15) is 44.3 Å². The number of aryl methyl sites for hydroxylation is 3. The van der Waals surface area contributed by atoms with Gasteiger partial charge in [0.25, 0.3) is 5.56 Å². The minimum absolute atomic E-state index is 0.0936. The average molecular weight is 652 g/mol. The topological polar surface area (TPSA) is 222 Å². The summed E-state index contributed by atoms with van der Waals surface area (Å²) in [6.45, 7) is 6.27. The van der Waals surface area contributed by atoms with Crippen molar-refractivity contribution in [1.82, 2.24) is 24.6 Å². The zero-order chi connectivity index (χ0) is 34.4. The summed E-state index contributed by atoms with van der Waals surface area (Å²) in [5.74, 6) is 0.385. The SMILES string of the molecule is CCCc1nn(C)c2c(=O)n(CCOc3ccc(CC(OCC)C(=O)O)cc3)c(CC)nc12.CNC[C@H](O)[C@@H](O)[C@H](O)[C@H](O)CO. The number of nitrogens with one attached hydrogen (secondary N) is 1. The lowest BCUT2D eigenvalue weighted by atomic mass is 10.0. The highest BCUT2D eigenvalue weighted by Gasteiger charge is 2.29. The van der Waals surface area contributed by atoms with Gasteiger partial charge in [0.15, 0.2) is 11.6 Å². The molecule has 0 aliphatic carbocycles. The van der Waals surface area contributed by atoms with Crippen LogP contribution >= 0.6 is 0 Å². The number of hydrogen-bond donors (Lipinski definition) is 7. The number of aliphatic carboxylic acids is 1. The fourth-order valence-corrected chi connectivity index (χ4v) is 4.77. The maximum absolute atomic E-state index is 13.2. The molecule has 0 saturated carbocycles. The van der Waals surface area contributed by atoms with Gasteiger partial charge >= 0.3 is 5.97 Å². The van der Waals surface area contributed by atoms with Crippen LogP contribution in [-0.2, 0) is 42.4 Å². The number of aliphatic hydroxyl groups excluding tert-OH is 5. The Morgan fingerprint density at radius 3 is 2.24 bits per heavy atom. The van der Waals surface area contributed by atoms with Gasteiger partial charge in [0.05, 0.1) is 24.9 Å². The monoisotopic (exact) mass is 651 g/mol. The third-order valence-electron chi connectivity index (χ3n) is 7.21. The lowest BCUT2D eigenvalue weighted by Gasteiger charge is -2.25. The number of benzene rings is 1. The van der Waals surface area contributed by atoms with Gasteiger partial charge in [0, 0.05) is 33.0 Å². The summed E-state index contributed by atoms with van der Waals surface area (Å²) >= 11 is 0. The predicted molar refractivity (Wildman–Crippen MR) is 170 cm³/mol. The molecule has 0 bridgehead atoms. The fourth-order valence-electron chi connectivity index (χ4n) is 4.77. The number of likely N-dealkylation sites (N-methyl/N-ethyl adjacent to an activating group) is 1. The first-order chi connectivity index (χ1) is 21.9. The maximum atomic E-state index is 13.2. The van der Waals surface area contributed by atoms with Crippen molar-refractivity contribution >= 4 is 17.0 Å². The van der Waals surface area contributed by atoms with E-state index in [4.69, 9.17) is 34.9 Å². The molecule has 0 aliphatic rings. The van der Waals surface area contributed by atoms with Gasteiger partial charge in [-0.15, -0.1) is 0 Å². The molecule has 0 aliphatic heterocycles. The highest BCUT2D eigenvalue weighted by Crippen LogP contribution is 2.17. The molecule has 15 nitrogen and oxygen atoms in total. The number of carbonyl (C=O) groups is 1. The summed E-state index contributed by atoms with van der Waals surface area (Å²) in [7, 11) is 3.35. The maximum Gasteiger partial charge on any atom is 0.333 e. The van der Waals surface area contributed by atoms with Gasteiger partial charge in [-0.25, -0.2) is 9.78 Å². The van der Waals surface area contributed by atoms with Gasteiger partial charge in [0.2, 0.25) is 0 Å². The van der Waals surface area contributed by atoms with Crippen molar-refractivity contribution in [3.05, 3.63) is 51.7 Å². The zero-order valence-corrected chi connectivity index (χ0v) is 27.2. The summed E-state index contributed by atoms with van der Waals surface area (Å²) in [6, 6.07) is 7.24. The van der Waals surface area contributed by atoms with E-state index in [-0.39, 0.29) is 18.5 Å². The summed E-state index contributed by atoms with van der Waals surface area (Å²) < 4.78 is 14.4. The van der Waals surface area contributed by atoms with E-state index in [1.54, 1.807) is 42.4 Å². The Bertz CT molecular complexity index is 1410. The van der Waals surface area contributed by atoms with Gasteiger partial charge in [-0.3, -0.25) is 14.0 Å². The predicted octanol–water partition coefficient (Wildman–Crippen LogP) is -0.602. The highest BCUT2D eigenvalue weighted by molar-refractivity contribution is 5.76. The molecule has 0 radical (unpaired) electrons. The lowest BCUT2D eigenvalue weighted by molar-refractivity contribution is -0.149. The van der Waals surface area contributed by atoms with E-state index in [9.17, 15) is 19.8 Å². The fraction of sp³-hybridized carbons (Fsp3) is 0.613. The number of carboxylic acid groups (broad SMARTS) is 1. The number of aliphatic hydroxyl groups is 5. The number of ether oxygens (including phenoxy) is 2. The first kappa shape index (κ1) is 38.7.